The third-order valence-electron chi connectivity index (χ3n) is 3.54. The zero-order valence-corrected chi connectivity index (χ0v) is 14.5. The number of halogens is 1. The van der Waals surface area contributed by atoms with Gasteiger partial charge in [0.2, 0.25) is 10.0 Å². The molecule has 0 bridgehead atoms. The topological polar surface area (TPSA) is 73.0 Å². The van der Waals surface area contributed by atoms with Crippen LogP contribution in [0.5, 0.6) is 0 Å². The minimum Gasteiger partial charge on any atom is -0.241 e. The second kappa shape index (κ2) is 6.43. The number of sulfonamides is 1. The highest BCUT2D eigenvalue weighted by Gasteiger charge is 2.15. The van der Waals surface area contributed by atoms with E-state index in [0.29, 0.717) is 0 Å². The van der Waals surface area contributed by atoms with Crippen LogP contribution < -0.4 is 5.14 Å². The molecule has 2 aromatic carbocycles. The van der Waals surface area contributed by atoms with Crippen molar-refractivity contribution in [1.29, 1.82) is 0 Å². The van der Waals surface area contributed by atoms with Crippen LogP contribution in [0.2, 0.25) is 0 Å². The highest BCUT2D eigenvalue weighted by Crippen LogP contribution is 2.37. The molecule has 7 heteroatoms. The SMILES string of the molecule is CCc1nc(-c2ccc(F)cc2)c(-c2ccc(S(N)(=O)=O)cc2)s1. The van der Waals surface area contributed by atoms with Gasteiger partial charge in [-0.1, -0.05) is 19.1 Å². The summed E-state index contributed by atoms with van der Waals surface area (Å²) in [5.74, 6) is -0.302. The molecule has 0 atom stereocenters. The molecule has 3 aromatic rings. The van der Waals surface area contributed by atoms with Crippen molar-refractivity contribution in [2.45, 2.75) is 18.2 Å². The van der Waals surface area contributed by atoms with E-state index >= 15 is 0 Å². The van der Waals surface area contributed by atoms with Gasteiger partial charge in [-0.05, 0) is 48.4 Å². The molecule has 0 fully saturated rings. The number of primary sulfonamides is 1. The lowest BCUT2D eigenvalue weighted by Gasteiger charge is -2.04. The highest BCUT2D eigenvalue weighted by molar-refractivity contribution is 7.89. The van der Waals surface area contributed by atoms with E-state index in [9.17, 15) is 12.8 Å². The van der Waals surface area contributed by atoms with Crippen LogP contribution in [0, 0.1) is 5.82 Å². The lowest BCUT2D eigenvalue weighted by molar-refractivity contribution is 0.598. The maximum absolute atomic E-state index is 13.2. The average molecular weight is 362 g/mol. The molecule has 0 aliphatic heterocycles. The Kier molecular flexibility index (Phi) is 4.49. The van der Waals surface area contributed by atoms with Crippen molar-refractivity contribution < 1.29 is 12.8 Å². The Morgan fingerprint density at radius 2 is 1.62 bits per heavy atom. The molecule has 4 nitrogen and oxygen atoms in total. The Morgan fingerprint density at radius 1 is 1.04 bits per heavy atom. The summed E-state index contributed by atoms with van der Waals surface area (Å²) in [6, 6.07) is 12.5. The maximum Gasteiger partial charge on any atom is 0.238 e. The Hall–Kier alpha value is -2.09. The van der Waals surface area contributed by atoms with E-state index in [2.05, 4.69) is 4.98 Å². The van der Waals surface area contributed by atoms with Crippen LogP contribution in [-0.4, -0.2) is 13.4 Å². The summed E-state index contributed by atoms with van der Waals surface area (Å²) in [5.41, 5.74) is 2.43. The summed E-state index contributed by atoms with van der Waals surface area (Å²) in [5, 5.41) is 6.09. The van der Waals surface area contributed by atoms with Gasteiger partial charge in [-0.3, -0.25) is 0 Å². The summed E-state index contributed by atoms with van der Waals surface area (Å²) in [6.45, 7) is 2.02. The first-order chi connectivity index (χ1) is 11.4. The summed E-state index contributed by atoms with van der Waals surface area (Å²) in [6.07, 6.45) is 0.786. The fourth-order valence-corrected chi connectivity index (χ4v) is 3.86. The van der Waals surface area contributed by atoms with Gasteiger partial charge in [0.1, 0.15) is 5.82 Å². The highest BCUT2D eigenvalue weighted by atomic mass is 32.2. The molecular weight excluding hydrogens is 347 g/mol. The lowest BCUT2D eigenvalue weighted by atomic mass is 10.1. The number of hydrogen-bond acceptors (Lipinski definition) is 4. The van der Waals surface area contributed by atoms with Crippen LogP contribution in [0.4, 0.5) is 4.39 Å². The predicted molar refractivity (Wildman–Crippen MR) is 93.7 cm³/mol. The Morgan fingerprint density at radius 3 is 2.17 bits per heavy atom. The molecule has 0 saturated carbocycles. The average Bonchev–Trinajstić information content (AvgIpc) is 2.99. The molecule has 0 spiro atoms. The van der Waals surface area contributed by atoms with Crippen LogP contribution in [-0.2, 0) is 16.4 Å². The summed E-state index contributed by atoms with van der Waals surface area (Å²) >= 11 is 1.54. The van der Waals surface area contributed by atoms with Gasteiger partial charge in [-0.2, -0.15) is 0 Å². The molecule has 0 saturated heterocycles. The lowest BCUT2D eigenvalue weighted by Crippen LogP contribution is -2.11. The smallest absolute Gasteiger partial charge is 0.238 e. The van der Waals surface area contributed by atoms with E-state index < -0.39 is 10.0 Å². The fraction of sp³-hybridized carbons (Fsp3) is 0.118. The zero-order chi connectivity index (χ0) is 17.3. The van der Waals surface area contributed by atoms with Crippen molar-refractivity contribution in [1.82, 2.24) is 4.98 Å². The van der Waals surface area contributed by atoms with Crippen LogP contribution in [0.1, 0.15) is 11.9 Å². The van der Waals surface area contributed by atoms with Gasteiger partial charge in [0.05, 0.1) is 20.5 Å². The molecule has 0 aliphatic carbocycles. The van der Waals surface area contributed by atoms with Gasteiger partial charge in [0, 0.05) is 5.56 Å². The summed E-state index contributed by atoms with van der Waals surface area (Å²) in [4.78, 5) is 5.61. The van der Waals surface area contributed by atoms with E-state index in [-0.39, 0.29) is 10.7 Å². The first-order valence-corrected chi connectivity index (χ1v) is 9.63. The maximum atomic E-state index is 13.2. The monoisotopic (exact) mass is 362 g/mol. The normalized spacial score (nSPS) is 11.6. The van der Waals surface area contributed by atoms with Crippen molar-refractivity contribution in [3.8, 4) is 21.7 Å². The molecule has 1 heterocycles. The number of benzene rings is 2. The number of thiazole rings is 1. The van der Waals surface area contributed by atoms with Gasteiger partial charge >= 0.3 is 0 Å². The minimum absolute atomic E-state index is 0.0646. The minimum atomic E-state index is -3.72. The first kappa shape index (κ1) is 16.8. The fourth-order valence-electron chi connectivity index (χ4n) is 2.31. The summed E-state index contributed by atoms with van der Waals surface area (Å²) < 4.78 is 35.9. The molecule has 0 radical (unpaired) electrons. The van der Waals surface area contributed by atoms with E-state index in [1.54, 1.807) is 24.3 Å². The predicted octanol–water partition coefficient (Wildman–Crippen LogP) is 3.83. The number of nitrogens with zero attached hydrogens (tertiary/aromatic N) is 1. The van der Waals surface area contributed by atoms with Crippen LogP contribution >= 0.6 is 11.3 Å². The Balaban J connectivity index is 2.10. The van der Waals surface area contributed by atoms with E-state index in [1.807, 2.05) is 6.92 Å². The quantitative estimate of drug-likeness (QED) is 0.767. The van der Waals surface area contributed by atoms with Gasteiger partial charge in [-0.15, -0.1) is 11.3 Å². The molecule has 1 aromatic heterocycles. The van der Waals surface area contributed by atoms with Crippen LogP contribution in [0.25, 0.3) is 21.7 Å². The van der Waals surface area contributed by atoms with Gasteiger partial charge in [0.25, 0.3) is 0 Å². The van der Waals surface area contributed by atoms with Gasteiger partial charge < -0.3 is 0 Å². The molecule has 24 heavy (non-hydrogen) atoms. The molecule has 0 amide bonds. The molecule has 2 N–H and O–H groups in total. The Labute approximate surface area is 143 Å². The number of aryl methyl sites for hydroxylation is 1. The van der Waals surface area contributed by atoms with Crippen molar-refractivity contribution in [2.75, 3.05) is 0 Å². The van der Waals surface area contributed by atoms with E-state index in [0.717, 1.165) is 33.1 Å². The molecule has 0 unspecified atom stereocenters. The summed E-state index contributed by atoms with van der Waals surface area (Å²) in [7, 11) is -3.72. The van der Waals surface area contributed by atoms with Crippen molar-refractivity contribution in [3.63, 3.8) is 0 Å². The van der Waals surface area contributed by atoms with Gasteiger partial charge in [0.15, 0.2) is 0 Å². The van der Waals surface area contributed by atoms with Crippen LogP contribution in [0.3, 0.4) is 0 Å². The van der Waals surface area contributed by atoms with E-state index in [4.69, 9.17) is 5.14 Å². The zero-order valence-electron chi connectivity index (χ0n) is 12.9. The van der Waals surface area contributed by atoms with Crippen LogP contribution in [0.15, 0.2) is 53.4 Å². The number of aromatic nitrogens is 1. The third-order valence-corrected chi connectivity index (χ3v) is 5.71. The first-order valence-electron chi connectivity index (χ1n) is 7.27. The number of hydrogen-bond donors (Lipinski definition) is 1. The number of nitrogens with two attached hydrogens (primary N) is 1. The number of rotatable bonds is 4. The molecule has 124 valence electrons. The second-order valence-electron chi connectivity index (χ2n) is 5.22. The molecule has 3 rings (SSSR count). The third kappa shape index (κ3) is 3.38. The largest absolute Gasteiger partial charge is 0.241 e. The van der Waals surface area contributed by atoms with Gasteiger partial charge in [-0.25, -0.2) is 22.9 Å². The van der Waals surface area contributed by atoms with Crippen molar-refractivity contribution in [3.05, 3.63) is 59.4 Å². The second-order valence-corrected chi connectivity index (χ2v) is 7.86. The van der Waals surface area contributed by atoms with E-state index in [1.165, 1.54) is 35.6 Å². The van der Waals surface area contributed by atoms with Crippen molar-refractivity contribution in [2.24, 2.45) is 5.14 Å². The Bertz CT molecular complexity index is 963. The van der Waals surface area contributed by atoms with Crippen molar-refractivity contribution >= 4 is 21.4 Å². The standard InChI is InChI=1S/C17H15FN2O2S2/c1-2-15-20-16(11-3-7-13(18)8-4-11)17(23-15)12-5-9-14(10-6-12)24(19,21)22/h3-10H,2H2,1H3,(H2,19,21,22). The molecular formula is C17H15FN2O2S2. The molecule has 0 aliphatic rings.